The van der Waals surface area contributed by atoms with Crippen molar-refractivity contribution in [2.24, 2.45) is 0 Å². The first kappa shape index (κ1) is 17.6. The molecule has 0 fully saturated rings. The first-order chi connectivity index (χ1) is 12.1. The molecule has 0 amide bonds. The highest BCUT2D eigenvalue weighted by molar-refractivity contribution is 6.30. The molecule has 1 heterocycles. The molecule has 0 N–H and O–H groups in total. The zero-order chi connectivity index (χ0) is 17.6. The summed E-state index contributed by atoms with van der Waals surface area (Å²) in [4.78, 5) is 4.13. The van der Waals surface area contributed by atoms with Crippen molar-refractivity contribution in [3.63, 3.8) is 0 Å². The zero-order valence-corrected chi connectivity index (χ0v) is 15.4. The van der Waals surface area contributed by atoms with Gasteiger partial charge in [-0.1, -0.05) is 35.4 Å². The van der Waals surface area contributed by atoms with E-state index in [-0.39, 0.29) is 6.10 Å². The van der Waals surface area contributed by atoms with E-state index >= 15 is 0 Å². The molecule has 0 saturated carbocycles. The summed E-state index contributed by atoms with van der Waals surface area (Å²) in [5.41, 5.74) is 4.02. The summed E-state index contributed by atoms with van der Waals surface area (Å²) in [7, 11) is 0. The van der Waals surface area contributed by atoms with Crippen LogP contribution in [0.25, 0.3) is 0 Å². The van der Waals surface area contributed by atoms with Gasteiger partial charge in [-0.2, -0.15) is 0 Å². The number of benzene rings is 2. The van der Waals surface area contributed by atoms with Gasteiger partial charge in [0.25, 0.3) is 0 Å². The number of halogens is 1. The first-order valence-electron chi connectivity index (χ1n) is 8.54. The molecular weight excluding hydrogens is 332 g/mol. The third-order valence-electron chi connectivity index (χ3n) is 4.32. The summed E-state index contributed by atoms with van der Waals surface area (Å²) in [6.45, 7) is 5.07. The van der Waals surface area contributed by atoms with Crippen molar-refractivity contribution in [2.75, 3.05) is 0 Å². The highest BCUT2D eigenvalue weighted by Gasteiger charge is 2.13. The van der Waals surface area contributed by atoms with E-state index in [1.54, 1.807) is 6.20 Å². The third-order valence-corrected chi connectivity index (χ3v) is 4.58. The number of rotatable bonds is 7. The lowest BCUT2D eigenvalue weighted by Crippen LogP contribution is -2.23. The molecule has 0 aliphatic heterocycles. The summed E-state index contributed by atoms with van der Waals surface area (Å²) in [6.07, 6.45) is 7.58. The smallest absolute Gasteiger partial charge is 0.119 e. The number of hydrogen-bond acceptors (Lipinski definition) is 2. The summed E-state index contributed by atoms with van der Waals surface area (Å²) < 4.78 is 8.28. The number of hydrogen-bond donors (Lipinski definition) is 0. The fraction of sp³-hybridized carbons (Fsp3) is 0.286. The highest BCUT2D eigenvalue weighted by atomic mass is 35.5. The molecule has 1 atom stereocenters. The van der Waals surface area contributed by atoms with Crippen molar-refractivity contribution in [3.8, 4) is 5.75 Å². The second-order valence-electron chi connectivity index (χ2n) is 6.42. The average Bonchev–Trinajstić information content (AvgIpc) is 3.09. The van der Waals surface area contributed by atoms with Gasteiger partial charge < -0.3 is 9.30 Å². The van der Waals surface area contributed by atoms with Gasteiger partial charge in [0.1, 0.15) is 11.9 Å². The molecule has 3 nitrogen and oxygen atoms in total. The van der Waals surface area contributed by atoms with E-state index < -0.39 is 0 Å². The maximum Gasteiger partial charge on any atom is 0.119 e. The van der Waals surface area contributed by atoms with Gasteiger partial charge in [-0.05, 0) is 62.1 Å². The van der Waals surface area contributed by atoms with Crippen molar-refractivity contribution < 1.29 is 4.74 Å². The van der Waals surface area contributed by atoms with Crippen molar-refractivity contribution in [3.05, 3.63) is 82.9 Å². The Kier molecular flexibility index (Phi) is 5.77. The lowest BCUT2D eigenvalue weighted by Gasteiger charge is -2.20. The minimum absolute atomic E-state index is 0.0658. The van der Waals surface area contributed by atoms with Crippen LogP contribution in [0, 0.1) is 13.8 Å². The van der Waals surface area contributed by atoms with Crippen LogP contribution in [0.5, 0.6) is 5.75 Å². The van der Waals surface area contributed by atoms with Gasteiger partial charge in [-0.15, -0.1) is 0 Å². The molecule has 0 bridgehead atoms. The van der Waals surface area contributed by atoms with Gasteiger partial charge >= 0.3 is 0 Å². The van der Waals surface area contributed by atoms with E-state index in [1.807, 2.05) is 36.8 Å². The van der Waals surface area contributed by atoms with Crippen LogP contribution in [0.3, 0.4) is 0 Å². The van der Waals surface area contributed by atoms with E-state index in [4.69, 9.17) is 16.3 Å². The monoisotopic (exact) mass is 354 g/mol. The summed E-state index contributed by atoms with van der Waals surface area (Å²) in [5, 5.41) is 0.716. The highest BCUT2D eigenvalue weighted by Crippen LogP contribution is 2.20. The minimum atomic E-state index is 0.0658. The molecule has 25 heavy (non-hydrogen) atoms. The van der Waals surface area contributed by atoms with E-state index in [2.05, 4.69) is 41.6 Å². The van der Waals surface area contributed by atoms with Gasteiger partial charge in [0.15, 0.2) is 0 Å². The average molecular weight is 355 g/mol. The van der Waals surface area contributed by atoms with Crippen LogP contribution in [-0.2, 0) is 13.0 Å². The van der Waals surface area contributed by atoms with Gasteiger partial charge in [-0.3, -0.25) is 0 Å². The van der Waals surface area contributed by atoms with Crippen LogP contribution >= 0.6 is 11.6 Å². The third kappa shape index (κ3) is 5.10. The Hall–Kier alpha value is -2.26. The fourth-order valence-corrected chi connectivity index (χ4v) is 3.09. The molecule has 4 heteroatoms. The normalized spacial score (nSPS) is 12.1. The molecule has 0 aliphatic carbocycles. The van der Waals surface area contributed by atoms with E-state index in [0.717, 1.165) is 25.1 Å². The molecule has 1 aromatic heterocycles. The van der Waals surface area contributed by atoms with Gasteiger partial charge in [0, 0.05) is 17.4 Å². The molecule has 0 radical (unpaired) electrons. The topological polar surface area (TPSA) is 27.1 Å². The molecule has 3 aromatic rings. The van der Waals surface area contributed by atoms with Crippen LogP contribution in [0.4, 0.5) is 0 Å². The summed E-state index contributed by atoms with van der Waals surface area (Å²) in [6, 6.07) is 14.2. The van der Waals surface area contributed by atoms with E-state index in [0.29, 0.717) is 5.02 Å². The van der Waals surface area contributed by atoms with Crippen LogP contribution in [0.15, 0.2) is 61.2 Å². The summed E-state index contributed by atoms with van der Waals surface area (Å²) >= 11 is 5.97. The number of ether oxygens (including phenoxy) is 1. The second-order valence-corrected chi connectivity index (χ2v) is 6.86. The molecule has 130 valence electrons. The predicted molar refractivity (Wildman–Crippen MR) is 102 cm³/mol. The van der Waals surface area contributed by atoms with Crippen molar-refractivity contribution in [1.29, 1.82) is 0 Å². The molecule has 0 spiro atoms. The Morgan fingerprint density at radius 2 is 1.92 bits per heavy atom. The van der Waals surface area contributed by atoms with Crippen LogP contribution in [-0.4, -0.2) is 15.7 Å². The van der Waals surface area contributed by atoms with E-state index in [9.17, 15) is 0 Å². The standard InChI is InChI=1S/C21H23ClN2O/c1-16-3-4-18(17(2)13-16)5-8-21(14-24-12-11-23-15-24)25-20-9-6-19(22)7-10-20/h3-4,6-7,9-13,15,21H,5,8,14H2,1-2H3. The number of imidazole rings is 1. The molecule has 2 aromatic carbocycles. The molecule has 0 aliphatic rings. The predicted octanol–water partition coefficient (Wildman–Crippen LogP) is 5.23. The summed E-state index contributed by atoms with van der Waals surface area (Å²) in [5.74, 6) is 0.843. The fourth-order valence-electron chi connectivity index (χ4n) is 2.97. The number of nitrogens with zero attached hydrogens (tertiary/aromatic N) is 2. The van der Waals surface area contributed by atoms with Crippen LogP contribution in [0.1, 0.15) is 23.1 Å². The Balaban J connectivity index is 1.70. The lowest BCUT2D eigenvalue weighted by molar-refractivity contribution is 0.170. The molecule has 0 saturated heterocycles. The van der Waals surface area contributed by atoms with Crippen LogP contribution in [0.2, 0.25) is 5.02 Å². The van der Waals surface area contributed by atoms with Crippen molar-refractivity contribution >= 4 is 11.6 Å². The largest absolute Gasteiger partial charge is 0.489 e. The number of aryl methyl sites for hydroxylation is 3. The number of aromatic nitrogens is 2. The maximum atomic E-state index is 6.22. The molecule has 3 rings (SSSR count). The Morgan fingerprint density at radius 3 is 2.60 bits per heavy atom. The first-order valence-corrected chi connectivity index (χ1v) is 8.92. The Bertz CT molecular complexity index is 797. The maximum absolute atomic E-state index is 6.22. The van der Waals surface area contributed by atoms with Crippen molar-refractivity contribution in [2.45, 2.75) is 39.3 Å². The SMILES string of the molecule is Cc1ccc(CCC(Cn2ccnc2)Oc2ccc(Cl)cc2)c(C)c1. The Morgan fingerprint density at radius 1 is 1.12 bits per heavy atom. The zero-order valence-electron chi connectivity index (χ0n) is 14.7. The van der Waals surface area contributed by atoms with Gasteiger partial charge in [0.05, 0.1) is 12.9 Å². The van der Waals surface area contributed by atoms with Gasteiger partial charge in [0.2, 0.25) is 0 Å². The Labute approximate surface area is 154 Å². The van der Waals surface area contributed by atoms with E-state index in [1.165, 1.54) is 16.7 Å². The second kappa shape index (κ2) is 8.21. The quantitative estimate of drug-likeness (QED) is 0.580. The lowest BCUT2D eigenvalue weighted by atomic mass is 10.00. The minimum Gasteiger partial charge on any atom is -0.489 e. The molecule has 1 unspecified atom stereocenters. The van der Waals surface area contributed by atoms with Gasteiger partial charge in [-0.25, -0.2) is 4.98 Å². The van der Waals surface area contributed by atoms with Crippen LogP contribution < -0.4 is 4.74 Å². The molecular formula is C21H23ClN2O. The van der Waals surface area contributed by atoms with Crippen molar-refractivity contribution in [1.82, 2.24) is 9.55 Å².